The van der Waals surface area contributed by atoms with E-state index in [1.54, 1.807) is 6.92 Å². The second-order valence-corrected chi connectivity index (χ2v) is 5.93. The van der Waals surface area contributed by atoms with Crippen molar-refractivity contribution in [2.45, 2.75) is 16.6 Å². The van der Waals surface area contributed by atoms with Crippen molar-refractivity contribution in [2.75, 3.05) is 6.61 Å². The molecular formula is C11H10Br2ClNO4. The zero-order valence-electron chi connectivity index (χ0n) is 9.81. The maximum absolute atomic E-state index is 11.6. The van der Waals surface area contributed by atoms with Crippen LogP contribution in [-0.2, 0) is 9.53 Å². The molecular weight excluding hydrogens is 405 g/mol. The first kappa shape index (κ1) is 16.4. The predicted molar refractivity (Wildman–Crippen MR) is 79.1 cm³/mol. The van der Waals surface area contributed by atoms with E-state index < -0.39 is 20.5 Å². The number of hydrogen-bond donors (Lipinski definition) is 0. The second kappa shape index (κ2) is 7.21. The van der Waals surface area contributed by atoms with E-state index in [4.69, 9.17) is 16.3 Å². The zero-order valence-corrected chi connectivity index (χ0v) is 13.7. The van der Waals surface area contributed by atoms with Crippen LogP contribution in [0, 0.1) is 10.1 Å². The monoisotopic (exact) mass is 413 g/mol. The Balaban J connectivity index is 3.10. The van der Waals surface area contributed by atoms with Gasteiger partial charge in [-0.3, -0.25) is 14.9 Å². The Bertz CT molecular complexity index is 498. The van der Waals surface area contributed by atoms with Gasteiger partial charge in [0.2, 0.25) is 0 Å². The highest BCUT2D eigenvalue weighted by molar-refractivity contribution is 9.12. The van der Waals surface area contributed by atoms with Gasteiger partial charge in [-0.25, -0.2) is 0 Å². The summed E-state index contributed by atoms with van der Waals surface area (Å²) < 4.78 is 4.86. The van der Waals surface area contributed by atoms with Gasteiger partial charge < -0.3 is 4.74 Å². The van der Waals surface area contributed by atoms with Gasteiger partial charge in [-0.2, -0.15) is 0 Å². The van der Waals surface area contributed by atoms with Gasteiger partial charge in [0.1, 0.15) is 4.83 Å². The molecule has 0 aliphatic heterocycles. The summed E-state index contributed by atoms with van der Waals surface area (Å²) in [4.78, 5) is 20.7. The van der Waals surface area contributed by atoms with E-state index in [0.29, 0.717) is 10.6 Å². The van der Waals surface area contributed by atoms with Gasteiger partial charge in [-0.15, -0.1) is 0 Å². The highest BCUT2D eigenvalue weighted by atomic mass is 79.9. The third kappa shape index (κ3) is 4.15. The quantitative estimate of drug-likeness (QED) is 0.315. The first-order valence-corrected chi connectivity index (χ1v) is 7.48. The number of carbonyl (C=O) groups excluding carboxylic acids is 1. The van der Waals surface area contributed by atoms with E-state index >= 15 is 0 Å². The summed E-state index contributed by atoms with van der Waals surface area (Å²) in [5.41, 5.74) is 0.201. The lowest BCUT2D eigenvalue weighted by Crippen LogP contribution is -2.22. The Morgan fingerprint density at radius 1 is 1.53 bits per heavy atom. The number of ether oxygens (including phenoxy) is 1. The van der Waals surface area contributed by atoms with Crippen LogP contribution in [0.25, 0.3) is 0 Å². The molecule has 0 saturated heterocycles. The lowest BCUT2D eigenvalue weighted by molar-refractivity contribution is -0.385. The standard InChI is InChI=1S/C11H10Br2ClNO4/c1-2-19-11(16)10(13)9(12)7-5-6(14)3-4-8(7)15(17)18/h3-5,9-10H,2H2,1H3. The van der Waals surface area contributed by atoms with Gasteiger partial charge in [0, 0.05) is 16.7 Å². The Kier molecular flexibility index (Phi) is 6.22. The third-order valence-electron chi connectivity index (χ3n) is 2.25. The van der Waals surface area contributed by atoms with Crippen LogP contribution in [0.2, 0.25) is 5.02 Å². The van der Waals surface area contributed by atoms with Crippen molar-refractivity contribution in [2.24, 2.45) is 0 Å². The molecule has 0 saturated carbocycles. The van der Waals surface area contributed by atoms with Crippen LogP contribution in [-0.4, -0.2) is 22.3 Å². The molecule has 2 atom stereocenters. The SMILES string of the molecule is CCOC(=O)C(Br)C(Br)c1cc(Cl)ccc1[N+](=O)[O-]. The topological polar surface area (TPSA) is 69.4 Å². The molecule has 1 aromatic carbocycles. The van der Waals surface area contributed by atoms with Crippen molar-refractivity contribution in [3.63, 3.8) is 0 Å². The summed E-state index contributed by atoms with van der Waals surface area (Å²) in [7, 11) is 0. The summed E-state index contributed by atoms with van der Waals surface area (Å²) in [6.45, 7) is 1.92. The summed E-state index contributed by atoms with van der Waals surface area (Å²) in [5, 5.41) is 11.3. The van der Waals surface area contributed by atoms with E-state index in [-0.39, 0.29) is 12.3 Å². The molecule has 0 aliphatic rings. The Morgan fingerprint density at radius 3 is 2.68 bits per heavy atom. The predicted octanol–water partition coefficient (Wildman–Crippen LogP) is 4.01. The fourth-order valence-corrected chi connectivity index (χ4v) is 2.59. The molecule has 2 unspecified atom stereocenters. The Hall–Kier alpha value is -0.660. The number of carbonyl (C=O) groups is 1. The van der Waals surface area contributed by atoms with Gasteiger partial charge in [-0.05, 0) is 19.1 Å². The second-order valence-electron chi connectivity index (χ2n) is 3.52. The van der Waals surface area contributed by atoms with Crippen LogP contribution < -0.4 is 0 Å². The van der Waals surface area contributed by atoms with Crippen LogP contribution in [0.15, 0.2) is 18.2 Å². The molecule has 104 valence electrons. The maximum Gasteiger partial charge on any atom is 0.321 e. The molecule has 19 heavy (non-hydrogen) atoms. The summed E-state index contributed by atoms with van der Waals surface area (Å²) in [6, 6.07) is 4.18. The smallest absolute Gasteiger partial charge is 0.321 e. The van der Waals surface area contributed by atoms with Gasteiger partial charge in [-0.1, -0.05) is 43.5 Å². The van der Waals surface area contributed by atoms with E-state index in [1.165, 1.54) is 18.2 Å². The Labute approximate surface area is 131 Å². The third-order valence-corrected chi connectivity index (χ3v) is 5.12. The minimum Gasteiger partial charge on any atom is -0.465 e. The van der Waals surface area contributed by atoms with Gasteiger partial charge in [0.15, 0.2) is 0 Å². The minimum atomic E-state index is -0.746. The molecule has 8 heteroatoms. The molecule has 0 N–H and O–H groups in total. The molecule has 0 amide bonds. The summed E-state index contributed by atoms with van der Waals surface area (Å²) in [6.07, 6.45) is 0. The maximum atomic E-state index is 11.6. The molecule has 0 aliphatic carbocycles. The number of nitrogens with zero attached hydrogens (tertiary/aromatic N) is 1. The lowest BCUT2D eigenvalue weighted by atomic mass is 10.1. The van der Waals surface area contributed by atoms with Crippen molar-refractivity contribution in [1.82, 2.24) is 0 Å². The average molecular weight is 415 g/mol. The lowest BCUT2D eigenvalue weighted by Gasteiger charge is -2.16. The molecule has 0 heterocycles. The number of nitro benzene ring substituents is 1. The van der Waals surface area contributed by atoms with Crippen LogP contribution in [0.5, 0.6) is 0 Å². The molecule has 0 fully saturated rings. The van der Waals surface area contributed by atoms with Crippen LogP contribution in [0.4, 0.5) is 5.69 Å². The van der Waals surface area contributed by atoms with Crippen LogP contribution in [0.1, 0.15) is 17.3 Å². The van der Waals surface area contributed by atoms with E-state index in [9.17, 15) is 14.9 Å². The fourth-order valence-electron chi connectivity index (χ4n) is 1.41. The highest BCUT2D eigenvalue weighted by Crippen LogP contribution is 2.38. The fraction of sp³-hybridized carbons (Fsp3) is 0.364. The zero-order chi connectivity index (χ0) is 14.6. The average Bonchev–Trinajstić information content (AvgIpc) is 2.36. The number of hydrogen-bond acceptors (Lipinski definition) is 4. The van der Waals surface area contributed by atoms with Gasteiger partial charge in [0.05, 0.1) is 16.4 Å². The molecule has 0 bridgehead atoms. The normalized spacial score (nSPS) is 13.7. The number of rotatable bonds is 5. The van der Waals surface area contributed by atoms with Crippen LogP contribution >= 0.6 is 43.5 Å². The summed E-state index contributed by atoms with van der Waals surface area (Å²) in [5.74, 6) is -0.501. The number of halogens is 3. The van der Waals surface area contributed by atoms with Crippen molar-refractivity contribution in [3.8, 4) is 0 Å². The minimum absolute atomic E-state index is 0.111. The molecule has 0 radical (unpaired) electrons. The van der Waals surface area contributed by atoms with Gasteiger partial charge in [0.25, 0.3) is 5.69 Å². The first-order valence-electron chi connectivity index (χ1n) is 5.27. The molecule has 1 rings (SSSR count). The first-order chi connectivity index (χ1) is 8.88. The van der Waals surface area contributed by atoms with Crippen molar-refractivity contribution < 1.29 is 14.5 Å². The van der Waals surface area contributed by atoms with Crippen molar-refractivity contribution in [1.29, 1.82) is 0 Å². The number of benzene rings is 1. The van der Waals surface area contributed by atoms with E-state index in [2.05, 4.69) is 31.9 Å². The van der Waals surface area contributed by atoms with E-state index in [1.807, 2.05) is 0 Å². The van der Waals surface area contributed by atoms with Crippen molar-refractivity contribution in [3.05, 3.63) is 38.9 Å². The molecule has 1 aromatic rings. The van der Waals surface area contributed by atoms with Gasteiger partial charge >= 0.3 is 5.97 Å². The van der Waals surface area contributed by atoms with Crippen molar-refractivity contribution >= 4 is 55.1 Å². The highest BCUT2D eigenvalue weighted by Gasteiger charge is 2.31. The summed E-state index contributed by atoms with van der Waals surface area (Å²) >= 11 is 12.3. The number of nitro groups is 1. The number of esters is 1. The number of alkyl halides is 2. The molecule has 0 aromatic heterocycles. The molecule has 0 spiro atoms. The van der Waals surface area contributed by atoms with Crippen LogP contribution in [0.3, 0.4) is 0 Å². The van der Waals surface area contributed by atoms with E-state index in [0.717, 1.165) is 0 Å². The Morgan fingerprint density at radius 2 is 2.16 bits per heavy atom. The molecule has 5 nitrogen and oxygen atoms in total. The largest absolute Gasteiger partial charge is 0.465 e.